The molecule has 154 valence electrons. The van der Waals surface area contributed by atoms with Crippen molar-refractivity contribution in [3.05, 3.63) is 70.8 Å². The minimum absolute atomic E-state index is 0.146. The van der Waals surface area contributed by atoms with Gasteiger partial charge in [-0.3, -0.25) is 4.79 Å². The number of phenolic OH excluding ortho intramolecular Hbond substituents is 1. The van der Waals surface area contributed by atoms with E-state index in [9.17, 15) is 9.90 Å². The second-order valence-corrected chi connectivity index (χ2v) is 9.97. The molecule has 2 aromatic carbocycles. The van der Waals surface area contributed by atoms with Crippen molar-refractivity contribution in [2.75, 3.05) is 0 Å². The molecule has 3 heteroatoms. The topological polar surface area (TPSA) is 57.5 Å². The van der Waals surface area contributed by atoms with Gasteiger partial charge in [-0.05, 0) is 70.9 Å². The Morgan fingerprint density at radius 2 is 1.34 bits per heavy atom. The fourth-order valence-corrected chi connectivity index (χ4v) is 5.11. The van der Waals surface area contributed by atoms with Gasteiger partial charge in [0.05, 0.1) is 0 Å². The summed E-state index contributed by atoms with van der Waals surface area (Å²) in [4.78, 5) is 10.9. The van der Waals surface area contributed by atoms with Gasteiger partial charge in [0.15, 0.2) is 0 Å². The Hall–Kier alpha value is -2.55. The van der Waals surface area contributed by atoms with Gasteiger partial charge in [0, 0.05) is 6.42 Å². The zero-order valence-corrected chi connectivity index (χ0v) is 18.0. The zero-order chi connectivity index (χ0) is 21.2. The van der Waals surface area contributed by atoms with E-state index in [-0.39, 0.29) is 23.0 Å². The zero-order valence-electron chi connectivity index (χ0n) is 18.0. The lowest BCUT2D eigenvalue weighted by Gasteiger charge is -2.43. The van der Waals surface area contributed by atoms with Gasteiger partial charge in [-0.25, -0.2) is 0 Å². The van der Waals surface area contributed by atoms with Gasteiger partial charge < -0.3 is 10.2 Å². The van der Waals surface area contributed by atoms with Crippen molar-refractivity contribution in [3.8, 4) is 5.75 Å². The molecule has 0 saturated heterocycles. The predicted molar refractivity (Wildman–Crippen MR) is 118 cm³/mol. The highest BCUT2D eigenvalue weighted by molar-refractivity contribution is 5.82. The summed E-state index contributed by atoms with van der Waals surface area (Å²) in [6.45, 7) is 9.38. The summed E-state index contributed by atoms with van der Waals surface area (Å²) in [6, 6.07) is 15.8. The van der Waals surface area contributed by atoms with Crippen LogP contribution in [0.2, 0.25) is 0 Å². The number of hydrogen-bond acceptors (Lipinski definition) is 2. The molecule has 29 heavy (non-hydrogen) atoms. The molecule has 2 N–H and O–H groups in total. The van der Waals surface area contributed by atoms with Crippen molar-refractivity contribution in [2.24, 2.45) is 10.8 Å². The first-order valence-electron chi connectivity index (χ1n) is 10.4. The number of allylic oxidation sites excluding steroid dienone is 1. The molecule has 0 amide bonds. The van der Waals surface area contributed by atoms with Gasteiger partial charge in [0.25, 0.3) is 0 Å². The number of aliphatic carboxylic acids is 1. The van der Waals surface area contributed by atoms with Crippen molar-refractivity contribution in [2.45, 2.75) is 59.8 Å². The number of aromatic hydroxyl groups is 1. The van der Waals surface area contributed by atoms with E-state index in [0.717, 1.165) is 29.5 Å². The van der Waals surface area contributed by atoms with Gasteiger partial charge >= 0.3 is 5.97 Å². The van der Waals surface area contributed by atoms with Crippen molar-refractivity contribution in [1.82, 2.24) is 0 Å². The van der Waals surface area contributed by atoms with Crippen LogP contribution in [0.5, 0.6) is 5.75 Å². The normalized spacial score (nSPS) is 17.7. The molecular formula is C26H32O3. The van der Waals surface area contributed by atoms with Gasteiger partial charge in [0.2, 0.25) is 0 Å². The molecule has 0 unspecified atom stereocenters. The Balaban J connectivity index is 2.07. The van der Waals surface area contributed by atoms with Crippen molar-refractivity contribution in [3.63, 3.8) is 0 Å². The van der Waals surface area contributed by atoms with E-state index in [4.69, 9.17) is 5.11 Å². The van der Waals surface area contributed by atoms with Crippen LogP contribution in [-0.2, 0) is 11.2 Å². The number of hydrogen-bond donors (Lipinski definition) is 2. The summed E-state index contributed by atoms with van der Waals surface area (Å²) in [5.41, 5.74) is 6.48. The number of phenols is 1. The Labute approximate surface area is 174 Å². The maximum absolute atomic E-state index is 10.9. The van der Waals surface area contributed by atoms with Crippen LogP contribution >= 0.6 is 0 Å². The van der Waals surface area contributed by atoms with Gasteiger partial charge in [0.1, 0.15) is 5.75 Å². The SMILES string of the molecule is CC1(C)CC(=C(c2ccc(O)cc2)c2ccc(CCC(=O)O)cc2)CC(C)(C)C1. The molecule has 0 aromatic heterocycles. The first-order chi connectivity index (χ1) is 13.5. The Bertz CT molecular complexity index is 882. The third-order valence-electron chi connectivity index (χ3n) is 5.72. The lowest BCUT2D eigenvalue weighted by Crippen LogP contribution is -2.30. The molecule has 3 nitrogen and oxygen atoms in total. The van der Waals surface area contributed by atoms with E-state index < -0.39 is 5.97 Å². The summed E-state index contributed by atoms with van der Waals surface area (Å²) < 4.78 is 0. The van der Waals surface area contributed by atoms with Crippen molar-refractivity contribution in [1.29, 1.82) is 0 Å². The molecule has 0 bridgehead atoms. The standard InChI is InChI=1S/C26H32O3/c1-25(2)15-21(16-26(3,4)17-25)24(20-10-12-22(27)13-11-20)19-8-5-18(6-9-19)7-14-23(28)29/h5-6,8-13,27H,7,14-17H2,1-4H3,(H,28,29). The number of rotatable bonds is 5. The first-order valence-corrected chi connectivity index (χ1v) is 10.4. The highest BCUT2D eigenvalue weighted by Gasteiger charge is 2.37. The Morgan fingerprint density at radius 1 is 0.862 bits per heavy atom. The van der Waals surface area contributed by atoms with Gasteiger partial charge in [-0.1, -0.05) is 69.7 Å². The largest absolute Gasteiger partial charge is 0.508 e. The average Bonchev–Trinajstić information content (AvgIpc) is 2.60. The van der Waals surface area contributed by atoms with E-state index in [2.05, 4.69) is 39.8 Å². The molecular weight excluding hydrogens is 360 g/mol. The summed E-state index contributed by atoms with van der Waals surface area (Å²) in [7, 11) is 0. The molecule has 1 aliphatic carbocycles. The van der Waals surface area contributed by atoms with Crippen LogP contribution in [0.1, 0.15) is 70.1 Å². The number of aryl methyl sites for hydroxylation is 1. The molecule has 0 atom stereocenters. The summed E-state index contributed by atoms with van der Waals surface area (Å²) in [5, 5.41) is 18.7. The highest BCUT2D eigenvalue weighted by Crippen LogP contribution is 2.50. The number of carboxylic acid groups (broad SMARTS) is 1. The first kappa shape index (κ1) is 21.2. The predicted octanol–water partition coefficient (Wildman–Crippen LogP) is 6.45. The minimum atomic E-state index is -0.771. The maximum atomic E-state index is 10.9. The number of carboxylic acids is 1. The van der Waals surface area contributed by atoms with E-state index in [1.807, 2.05) is 24.3 Å². The van der Waals surface area contributed by atoms with E-state index in [1.165, 1.54) is 17.6 Å². The lowest BCUT2D eigenvalue weighted by atomic mass is 9.62. The smallest absolute Gasteiger partial charge is 0.303 e. The third kappa shape index (κ3) is 5.50. The van der Waals surface area contributed by atoms with Crippen LogP contribution in [0.15, 0.2) is 54.1 Å². The number of benzene rings is 2. The second-order valence-electron chi connectivity index (χ2n) is 9.97. The van der Waals surface area contributed by atoms with Crippen LogP contribution in [0.25, 0.3) is 5.57 Å². The van der Waals surface area contributed by atoms with Crippen LogP contribution in [0.3, 0.4) is 0 Å². The minimum Gasteiger partial charge on any atom is -0.508 e. The molecule has 1 fully saturated rings. The molecule has 0 aliphatic heterocycles. The fraction of sp³-hybridized carbons (Fsp3) is 0.423. The molecule has 2 aromatic rings. The van der Waals surface area contributed by atoms with Crippen LogP contribution in [0.4, 0.5) is 0 Å². The molecule has 0 spiro atoms. The quantitative estimate of drug-likeness (QED) is 0.615. The molecule has 3 rings (SSSR count). The second kappa shape index (κ2) is 8.06. The third-order valence-corrected chi connectivity index (χ3v) is 5.72. The Morgan fingerprint density at radius 3 is 1.83 bits per heavy atom. The van der Waals surface area contributed by atoms with Crippen LogP contribution < -0.4 is 0 Å². The highest BCUT2D eigenvalue weighted by atomic mass is 16.4. The van der Waals surface area contributed by atoms with Gasteiger partial charge in [-0.15, -0.1) is 0 Å². The van der Waals surface area contributed by atoms with Crippen molar-refractivity contribution < 1.29 is 15.0 Å². The van der Waals surface area contributed by atoms with Crippen LogP contribution in [-0.4, -0.2) is 16.2 Å². The van der Waals surface area contributed by atoms with Crippen molar-refractivity contribution >= 4 is 11.5 Å². The van der Waals surface area contributed by atoms with E-state index in [0.29, 0.717) is 6.42 Å². The van der Waals surface area contributed by atoms with E-state index in [1.54, 1.807) is 12.1 Å². The summed E-state index contributed by atoms with van der Waals surface area (Å²) in [5.74, 6) is -0.501. The molecule has 1 aliphatic rings. The molecule has 1 saturated carbocycles. The van der Waals surface area contributed by atoms with Crippen LogP contribution in [0, 0.1) is 10.8 Å². The number of carbonyl (C=O) groups is 1. The average molecular weight is 393 g/mol. The molecule has 0 heterocycles. The monoisotopic (exact) mass is 392 g/mol. The fourth-order valence-electron chi connectivity index (χ4n) is 5.11. The molecule has 0 radical (unpaired) electrons. The van der Waals surface area contributed by atoms with Gasteiger partial charge in [-0.2, -0.15) is 0 Å². The van der Waals surface area contributed by atoms with E-state index >= 15 is 0 Å². The summed E-state index contributed by atoms with van der Waals surface area (Å²) >= 11 is 0. The summed E-state index contributed by atoms with van der Waals surface area (Å²) in [6.07, 6.45) is 3.98. The Kier molecular flexibility index (Phi) is 5.88. The maximum Gasteiger partial charge on any atom is 0.303 e. The lowest BCUT2D eigenvalue weighted by molar-refractivity contribution is -0.136.